The van der Waals surface area contributed by atoms with Gasteiger partial charge in [0.15, 0.2) is 5.13 Å². The van der Waals surface area contributed by atoms with Crippen LogP contribution in [0.1, 0.15) is 19.3 Å². The average molecular weight is 488 g/mol. The molecule has 1 atom stereocenters. The number of thiazole rings is 1. The fraction of sp³-hybridized carbons (Fsp3) is 0.304. The summed E-state index contributed by atoms with van der Waals surface area (Å²) in [5.41, 5.74) is 1.41. The van der Waals surface area contributed by atoms with E-state index >= 15 is 0 Å². The molecule has 1 unspecified atom stereocenters. The molecule has 0 spiro atoms. The van der Waals surface area contributed by atoms with Crippen molar-refractivity contribution in [3.05, 3.63) is 53.9 Å². The minimum absolute atomic E-state index is 0.188. The number of carbonyl (C=O) groups is 1. The monoisotopic (exact) mass is 487 g/mol. The highest BCUT2D eigenvalue weighted by atomic mass is 32.2. The summed E-state index contributed by atoms with van der Waals surface area (Å²) >= 11 is 1.27. The van der Waals surface area contributed by atoms with Crippen LogP contribution >= 0.6 is 11.3 Å². The molecule has 8 nitrogen and oxygen atoms in total. The Kier molecular flexibility index (Phi) is 6.96. The van der Waals surface area contributed by atoms with Gasteiger partial charge in [0.05, 0.1) is 24.8 Å². The van der Waals surface area contributed by atoms with Crippen molar-refractivity contribution in [2.24, 2.45) is 0 Å². The quantitative estimate of drug-likeness (QED) is 0.541. The maximum atomic E-state index is 13.2. The van der Waals surface area contributed by atoms with Gasteiger partial charge in [-0.3, -0.25) is 4.79 Å². The normalized spacial score (nSPS) is 16.8. The molecular formula is C23H25N3O5S2. The number of benzene rings is 2. The zero-order valence-corrected chi connectivity index (χ0v) is 20.0. The van der Waals surface area contributed by atoms with Crippen molar-refractivity contribution >= 4 is 32.4 Å². The van der Waals surface area contributed by atoms with Gasteiger partial charge in [-0.2, -0.15) is 4.31 Å². The Bertz CT molecular complexity index is 1230. The molecule has 1 aliphatic heterocycles. The Morgan fingerprint density at radius 3 is 2.64 bits per heavy atom. The maximum absolute atomic E-state index is 13.2. The van der Waals surface area contributed by atoms with E-state index in [1.165, 1.54) is 15.6 Å². The fourth-order valence-corrected chi connectivity index (χ4v) is 6.23. The van der Waals surface area contributed by atoms with E-state index in [0.29, 0.717) is 41.7 Å². The van der Waals surface area contributed by atoms with Gasteiger partial charge in [-0.15, -0.1) is 11.3 Å². The average Bonchev–Trinajstić information content (AvgIpc) is 3.32. The number of aromatic nitrogens is 1. The molecule has 1 aromatic heterocycles. The van der Waals surface area contributed by atoms with E-state index in [2.05, 4.69) is 10.3 Å². The van der Waals surface area contributed by atoms with Crippen LogP contribution in [0.3, 0.4) is 0 Å². The van der Waals surface area contributed by atoms with Gasteiger partial charge in [0.25, 0.3) is 0 Å². The van der Waals surface area contributed by atoms with Gasteiger partial charge in [0.1, 0.15) is 17.5 Å². The summed E-state index contributed by atoms with van der Waals surface area (Å²) in [5, 5.41) is 5.03. The number of nitrogens with zero attached hydrogens (tertiary/aromatic N) is 2. The molecule has 1 aliphatic rings. The standard InChI is InChI=1S/C23H25N3O5S2/c1-30-16-11-12-18(21(14-16)31-2)19-15-32-23(24-19)25-22(27)20-10-6-7-13-26(20)33(28,29)17-8-4-3-5-9-17/h3-5,8-9,11-12,14-15,20H,6-7,10,13H2,1-2H3,(H,24,25,27). The minimum Gasteiger partial charge on any atom is -0.497 e. The van der Waals surface area contributed by atoms with Crippen molar-refractivity contribution in [2.45, 2.75) is 30.2 Å². The van der Waals surface area contributed by atoms with E-state index in [0.717, 1.165) is 12.0 Å². The molecule has 0 bridgehead atoms. The summed E-state index contributed by atoms with van der Waals surface area (Å²) in [5.74, 6) is 0.887. The van der Waals surface area contributed by atoms with Crippen LogP contribution in [0.4, 0.5) is 5.13 Å². The highest BCUT2D eigenvalue weighted by molar-refractivity contribution is 7.89. The van der Waals surface area contributed by atoms with E-state index in [1.807, 2.05) is 17.5 Å². The van der Waals surface area contributed by atoms with E-state index in [4.69, 9.17) is 9.47 Å². The van der Waals surface area contributed by atoms with Crippen molar-refractivity contribution < 1.29 is 22.7 Å². The third-order valence-electron chi connectivity index (χ3n) is 5.53. The zero-order chi connectivity index (χ0) is 23.4. The van der Waals surface area contributed by atoms with Gasteiger partial charge in [-0.05, 0) is 37.1 Å². The highest BCUT2D eigenvalue weighted by Crippen LogP contribution is 2.35. The van der Waals surface area contributed by atoms with E-state index in [-0.39, 0.29) is 10.8 Å². The smallest absolute Gasteiger partial charge is 0.244 e. The first-order valence-corrected chi connectivity index (χ1v) is 12.8. The van der Waals surface area contributed by atoms with Crippen LogP contribution in [0.25, 0.3) is 11.3 Å². The van der Waals surface area contributed by atoms with Crippen LogP contribution in [0, 0.1) is 0 Å². The van der Waals surface area contributed by atoms with Crippen molar-refractivity contribution in [1.29, 1.82) is 0 Å². The van der Waals surface area contributed by atoms with Crippen LogP contribution in [0.15, 0.2) is 58.8 Å². The minimum atomic E-state index is -3.77. The molecular weight excluding hydrogens is 462 g/mol. The second-order valence-electron chi connectivity index (χ2n) is 7.53. The Morgan fingerprint density at radius 1 is 1.12 bits per heavy atom. The topological polar surface area (TPSA) is 97.8 Å². The number of carbonyl (C=O) groups excluding carboxylic acids is 1. The number of methoxy groups -OCH3 is 2. The molecule has 10 heteroatoms. The molecule has 3 aromatic rings. The SMILES string of the molecule is COc1ccc(-c2csc(NC(=O)C3CCCCN3S(=O)(=O)c3ccccc3)n2)c(OC)c1. The van der Waals surface area contributed by atoms with Crippen LogP contribution in [-0.4, -0.2) is 50.4 Å². The first-order chi connectivity index (χ1) is 15.9. The lowest BCUT2D eigenvalue weighted by Crippen LogP contribution is -2.49. The molecule has 1 N–H and O–H groups in total. The highest BCUT2D eigenvalue weighted by Gasteiger charge is 2.37. The van der Waals surface area contributed by atoms with Crippen molar-refractivity contribution in [1.82, 2.24) is 9.29 Å². The molecule has 0 radical (unpaired) electrons. The largest absolute Gasteiger partial charge is 0.497 e. The third kappa shape index (κ3) is 4.87. The molecule has 0 aliphatic carbocycles. The third-order valence-corrected chi connectivity index (χ3v) is 8.21. The Balaban J connectivity index is 1.54. The summed E-state index contributed by atoms with van der Waals surface area (Å²) in [4.78, 5) is 17.8. The summed E-state index contributed by atoms with van der Waals surface area (Å²) in [6.45, 7) is 0.307. The number of sulfonamides is 1. The van der Waals surface area contributed by atoms with E-state index < -0.39 is 16.1 Å². The molecule has 0 saturated carbocycles. The number of rotatable bonds is 7. The fourth-order valence-electron chi connectivity index (χ4n) is 3.84. The first kappa shape index (κ1) is 23.2. The van der Waals surface area contributed by atoms with Crippen LogP contribution in [0.2, 0.25) is 0 Å². The molecule has 2 heterocycles. The maximum Gasteiger partial charge on any atom is 0.244 e. The molecule has 4 rings (SSSR count). The Hall–Kier alpha value is -2.95. The second-order valence-corrected chi connectivity index (χ2v) is 10.3. The van der Waals surface area contributed by atoms with Gasteiger partial charge in [-0.25, -0.2) is 13.4 Å². The molecule has 1 saturated heterocycles. The zero-order valence-electron chi connectivity index (χ0n) is 18.4. The number of anilines is 1. The predicted octanol–water partition coefficient (Wildman–Crippen LogP) is 4.01. The van der Waals surface area contributed by atoms with E-state index in [9.17, 15) is 13.2 Å². The summed E-state index contributed by atoms with van der Waals surface area (Å²) in [6, 6.07) is 12.8. The lowest BCUT2D eigenvalue weighted by atomic mass is 10.0. The van der Waals surface area contributed by atoms with E-state index in [1.54, 1.807) is 50.6 Å². The van der Waals surface area contributed by atoms with Crippen molar-refractivity contribution in [3.63, 3.8) is 0 Å². The summed E-state index contributed by atoms with van der Waals surface area (Å²) in [7, 11) is -0.626. The van der Waals surface area contributed by atoms with Gasteiger partial charge in [-0.1, -0.05) is 24.6 Å². The van der Waals surface area contributed by atoms with Crippen LogP contribution in [-0.2, 0) is 14.8 Å². The Labute approximate surface area is 197 Å². The Morgan fingerprint density at radius 2 is 1.91 bits per heavy atom. The lowest BCUT2D eigenvalue weighted by molar-refractivity contribution is -0.120. The number of hydrogen-bond acceptors (Lipinski definition) is 7. The number of ether oxygens (including phenoxy) is 2. The first-order valence-electron chi connectivity index (χ1n) is 10.5. The van der Waals surface area contributed by atoms with Crippen LogP contribution in [0.5, 0.6) is 11.5 Å². The van der Waals surface area contributed by atoms with Crippen molar-refractivity contribution in [2.75, 3.05) is 26.1 Å². The van der Waals surface area contributed by atoms with Gasteiger partial charge >= 0.3 is 0 Å². The van der Waals surface area contributed by atoms with Gasteiger partial charge in [0.2, 0.25) is 15.9 Å². The number of nitrogens with one attached hydrogen (secondary N) is 1. The summed E-state index contributed by atoms with van der Waals surface area (Å²) in [6.07, 6.45) is 1.96. The predicted molar refractivity (Wildman–Crippen MR) is 127 cm³/mol. The van der Waals surface area contributed by atoms with Gasteiger partial charge < -0.3 is 14.8 Å². The number of amides is 1. The second kappa shape index (κ2) is 9.90. The molecule has 1 fully saturated rings. The number of hydrogen-bond donors (Lipinski definition) is 1. The van der Waals surface area contributed by atoms with Crippen molar-refractivity contribution in [3.8, 4) is 22.8 Å². The lowest BCUT2D eigenvalue weighted by Gasteiger charge is -2.33. The number of piperidine rings is 1. The van der Waals surface area contributed by atoms with Gasteiger partial charge in [0, 0.05) is 23.6 Å². The summed E-state index contributed by atoms with van der Waals surface area (Å²) < 4.78 is 38.3. The molecule has 33 heavy (non-hydrogen) atoms. The van der Waals surface area contributed by atoms with Crippen LogP contribution < -0.4 is 14.8 Å². The molecule has 2 aromatic carbocycles. The molecule has 1 amide bonds. The molecule has 174 valence electrons.